The number of methoxy groups -OCH3 is 1. The number of hydrogen-bond acceptors (Lipinski definition) is 4. The summed E-state index contributed by atoms with van der Waals surface area (Å²) in [7, 11) is 1.65. The van der Waals surface area contributed by atoms with Gasteiger partial charge >= 0.3 is 0 Å². The van der Waals surface area contributed by atoms with Crippen LogP contribution in [0.25, 0.3) is 0 Å². The molecule has 0 saturated carbocycles. The molecule has 1 saturated heterocycles. The Labute approximate surface area is 118 Å². The molecular formula is C16H18O4. The highest BCUT2D eigenvalue weighted by Gasteiger charge is 2.35. The van der Waals surface area contributed by atoms with Crippen LogP contribution >= 0.6 is 0 Å². The van der Waals surface area contributed by atoms with E-state index in [1.165, 1.54) is 0 Å². The first-order valence-electron chi connectivity index (χ1n) is 6.70. The average Bonchev–Trinajstić information content (AvgIpc) is 2.54. The van der Waals surface area contributed by atoms with Gasteiger partial charge in [0.2, 0.25) is 0 Å². The molecule has 4 heteroatoms. The molecule has 0 N–H and O–H groups in total. The van der Waals surface area contributed by atoms with Crippen LogP contribution in [0.5, 0.6) is 5.75 Å². The summed E-state index contributed by atoms with van der Waals surface area (Å²) >= 11 is 0. The van der Waals surface area contributed by atoms with Gasteiger partial charge < -0.3 is 18.9 Å². The van der Waals surface area contributed by atoms with Gasteiger partial charge in [0.25, 0.3) is 0 Å². The minimum absolute atomic E-state index is 0.0274. The molecule has 0 aromatic heterocycles. The first kappa shape index (κ1) is 13.2. The Kier molecular flexibility index (Phi) is 3.76. The lowest BCUT2D eigenvalue weighted by molar-refractivity contribution is -0.261. The summed E-state index contributed by atoms with van der Waals surface area (Å²) in [4.78, 5) is 0. The van der Waals surface area contributed by atoms with Gasteiger partial charge in [0.15, 0.2) is 6.29 Å². The van der Waals surface area contributed by atoms with E-state index < -0.39 is 0 Å². The Bertz CT molecular complexity index is 506. The molecule has 1 unspecified atom stereocenters. The van der Waals surface area contributed by atoms with Crippen molar-refractivity contribution in [2.45, 2.75) is 24.9 Å². The van der Waals surface area contributed by atoms with Gasteiger partial charge in [-0.1, -0.05) is 18.7 Å². The van der Waals surface area contributed by atoms with E-state index in [4.69, 9.17) is 18.9 Å². The Morgan fingerprint density at radius 1 is 1.25 bits per heavy atom. The summed E-state index contributed by atoms with van der Waals surface area (Å²) in [6.45, 7) is 4.23. The van der Waals surface area contributed by atoms with Crippen molar-refractivity contribution in [1.82, 2.24) is 0 Å². The zero-order valence-corrected chi connectivity index (χ0v) is 11.5. The molecule has 4 nitrogen and oxygen atoms in total. The molecular weight excluding hydrogens is 256 g/mol. The number of rotatable bonds is 3. The van der Waals surface area contributed by atoms with Crippen molar-refractivity contribution in [3.63, 3.8) is 0 Å². The maximum absolute atomic E-state index is 5.98. The molecule has 0 spiro atoms. The Hall–Kier alpha value is -1.78. The van der Waals surface area contributed by atoms with E-state index in [9.17, 15) is 0 Å². The summed E-state index contributed by atoms with van der Waals surface area (Å²) in [6.07, 6.45) is 4.17. The van der Waals surface area contributed by atoms with Crippen LogP contribution in [0.3, 0.4) is 0 Å². The van der Waals surface area contributed by atoms with Crippen LogP contribution < -0.4 is 4.74 Å². The van der Waals surface area contributed by atoms with E-state index in [-0.39, 0.29) is 18.5 Å². The largest absolute Gasteiger partial charge is 0.497 e. The highest BCUT2D eigenvalue weighted by molar-refractivity contribution is 5.28. The lowest BCUT2D eigenvalue weighted by Gasteiger charge is -2.38. The second-order valence-electron chi connectivity index (χ2n) is 4.82. The summed E-state index contributed by atoms with van der Waals surface area (Å²) in [6, 6.07) is 7.72. The minimum Gasteiger partial charge on any atom is -0.497 e. The standard InChI is InChI=1S/C16H18O4/c1-3-12-8-9-14-15(19-12)10-18-16(20-14)11-4-6-13(17-2)7-5-11/h3-8,14-16H,1,9-10H2,2H3/t14-,15+,16?/m0/s1. The van der Waals surface area contributed by atoms with Crippen molar-refractivity contribution in [2.75, 3.05) is 13.7 Å². The van der Waals surface area contributed by atoms with Crippen LogP contribution in [-0.4, -0.2) is 25.9 Å². The molecule has 3 rings (SSSR count). The van der Waals surface area contributed by atoms with E-state index in [1.54, 1.807) is 13.2 Å². The second-order valence-corrected chi connectivity index (χ2v) is 4.82. The highest BCUT2D eigenvalue weighted by atomic mass is 16.7. The Morgan fingerprint density at radius 2 is 2.05 bits per heavy atom. The summed E-state index contributed by atoms with van der Waals surface area (Å²) < 4.78 is 22.6. The number of ether oxygens (including phenoxy) is 4. The smallest absolute Gasteiger partial charge is 0.184 e. The normalized spacial score (nSPS) is 28.9. The molecule has 1 aromatic rings. The molecule has 0 radical (unpaired) electrons. The van der Waals surface area contributed by atoms with Crippen molar-refractivity contribution >= 4 is 0 Å². The number of benzene rings is 1. The van der Waals surface area contributed by atoms with Gasteiger partial charge in [-0.3, -0.25) is 0 Å². The van der Waals surface area contributed by atoms with E-state index in [0.717, 1.165) is 23.5 Å². The van der Waals surface area contributed by atoms with Crippen LogP contribution in [0, 0.1) is 0 Å². The van der Waals surface area contributed by atoms with Crippen molar-refractivity contribution in [1.29, 1.82) is 0 Å². The predicted molar refractivity (Wildman–Crippen MR) is 74.3 cm³/mol. The van der Waals surface area contributed by atoms with Gasteiger partial charge in [0.05, 0.1) is 13.7 Å². The molecule has 0 bridgehead atoms. The van der Waals surface area contributed by atoms with Crippen LogP contribution in [0.2, 0.25) is 0 Å². The summed E-state index contributed by atoms with van der Waals surface area (Å²) in [5, 5.41) is 0. The van der Waals surface area contributed by atoms with E-state index in [2.05, 4.69) is 6.58 Å². The zero-order chi connectivity index (χ0) is 13.9. The third kappa shape index (κ3) is 2.57. The molecule has 3 atom stereocenters. The lowest BCUT2D eigenvalue weighted by Crippen LogP contribution is -2.43. The molecule has 0 aliphatic carbocycles. The number of hydrogen-bond donors (Lipinski definition) is 0. The van der Waals surface area contributed by atoms with Crippen LogP contribution in [0.15, 0.2) is 48.8 Å². The molecule has 2 aliphatic rings. The molecule has 106 valence electrons. The fourth-order valence-corrected chi connectivity index (χ4v) is 2.41. The molecule has 1 aromatic carbocycles. The monoisotopic (exact) mass is 274 g/mol. The maximum Gasteiger partial charge on any atom is 0.184 e. The van der Waals surface area contributed by atoms with Gasteiger partial charge in [0.1, 0.15) is 23.7 Å². The van der Waals surface area contributed by atoms with Crippen molar-refractivity contribution in [2.24, 2.45) is 0 Å². The predicted octanol–water partition coefficient (Wildman–Crippen LogP) is 2.97. The highest BCUT2D eigenvalue weighted by Crippen LogP contribution is 2.33. The quantitative estimate of drug-likeness (QED) is 0.849. The number of fused-ring (bicyclic) bond motifs is 1. The van der Waals surface area contributed by atoms with Gasteiger partial charge in [-0.2, -0.15) is 0 Å². The van der Waals surface area contributed by atoms with Gasteiger partial charge in [-0.15, -0.1) is 0 Å². The lowest BCUT2D eigenvalue weighted by atomic mass is 10.1. The third-order valence-corrected chi connectivity index (χ3v) is 3.55. The van der Waals surface area contributed by atoms with Crippen LogP contribution in [-0.2, 0) is 14.2 Å². The fourth-order valence-electron chi connectivity index (χ4n) is 2.41. The molecule has 20 heavy (non-hydrogen) atoms. The molecule has 2 heterocycles. The average molecular weight is 274 g/mol. The Balaban J connectivity index is 1.69. The van der Waals surface area contributed by atoms with Crippen molar-refractivity contribution < 1.29 is 18.9 Å². The van der Waals surface area contributed by atoms with E-state index in [0.29, 0.717) is 6.61 Å². The molecule has 2 aliphatic heterocycles. The molecule has 1 fully saturated rings. The van der Waals surface area contributed by atoms with Gasteiger partial charge in [-0.05, 0) is 30.7 Å². The summed E-state index contributed by atoms with van der Waals surface area (Å²) in [5.74, 6) is 1.63. The van der Waals surface area contributed by atoms with Crippen molar-refractivity contribution in [3.05, 3.63) is 54.3 Å². The first-order valence-corrected chi connectivity index (χ1v) is 6.70. The number of allylic oxidation sites excluding steroid dienone is 1. The first-order chi connectivity index (χ1) is 9.80. The third-order valence-electron chi connectivity index (χ3n) is 3.55. The van der Waals surface area contributed by atoms with E-state index in [1.807, 2.05) is 30.3 Å². The van der Waals surface area contributed by atoms with Gasteiger partial charge in [-0.25, -0.2) is 0 Å². The molecule has 0 amide bonds. The van der Waals surface area contributed by atoms with Crippen molar-refractivity contribution in [3.8, 4) is 5.75 Å². The second kappa shape index (κ2) is 5.69. The SMILES string of the molecule is C=CC1=CC[C@@H]2OC(c3ccc(OC)cc3)OC[C@H]2O1. The van der Waals surface area contributed by atoms with Gasteiger partial charge in [0, 0.05) is 5.56 Å². The zero-order valence-electron chi connectivity index (χ0n) is 11.5. The fraction of sp³-hybridized carbons (Fsp3) is 0.375. The maximum atomic E-state index is 5.98. The minimum atomic E-state index is -0.343. The topological polar surface area (TPSA) is 36.9 Å². The Morgan fingerprint density at radius 3 is 2.75 bits per heavy atom. The van der Waals surface area contributed by atoms with Crippen LogP contribution in [0.4, 0.5) is 0 Å². The van der Waals surface area contributed by atoms with Crippen LogP contribution in [0.1, 0.15) is 18.3 Å². The van der Waals surface area contributed by atoms with E-state index >= 15 is 0 Å². The summed E-state index contributed by atoms with van der Waals surface area (Å²) in [5.41, 5.74) is 0.989.